The number of nitrogens with one attached hydrogen (secondary N) is 1. The van der Waals surface area contributed by atoms with Crippen LogP contribution in [0.5, 0.6) is 5.75 Å². The summed E-state index contributed by atoms with van der Waals surface area (Å²) in [6, 6.07) is 3.44. The van der Waals surface area contributed by atoms with E-state index in [0.29, 0.717) is 33.5 Å². The molecular weight excluding hydrogens is 406 g/mol. The van der Waals surface area contributed by atoms with E-state index >= 15 is 0 Å². The number of carbonyl (C=O) groups is 2. The molecular formula is C14H15Br2NO4. The van der Waals surface area contributed by atoms with E-state index < -0.39 is 0 Å². The summed E-state index contributed by atoms with van der Waals surface area (Å²) in [5.41, 5.74) is 0.521. The normalized spacial score (nSPS) is 15.5. The molecule has 1 heterocycles. The molecule has 5 nitrogen and oxygen atoms in total. The second-order valence-corrected chi connectivity index (χ2v) is 6.38. The van der Waals surface area contributed by atoms with Crippen molar-refractivity contribution in [2.75, 3.05) is 19.8 Å². The number of rotatable bonds is 5. The fourth-order valence-electron chi connectivity index (χ4n) is 2.03. The number of halogens is 2. The second-order valence-electron chi connectivity index (χ2n) is 4.67. The van der Waals surface area contributed by atoms with E-state index in [2.05, 4.69) is 37.2 Å². The van der Waals surface area contributed by atoms with Crippen LogP contribution in [0.1, 0.15) is 23.2 Å². The number of amides is 1. The van der Waals surface area contributed by atoms with Crippen molar-refractivity contribution in [2.24, 2.45) is 0 Å². The van der Waals surface area contributed by atoms with Gasteiger partial charge in [-0.25, -0.2) is 0 Å². The van der Waals surface area contributed by atoms with Crippen LogP contribution in [-0.2, 0) is 9.53 Å². The van der Waals surface area contributed by atoms with Gasteiger partial charge in [-0.05, 0) is 56.8 Å². The first-order valence-corrected chi connectivity index (χ1v) is 8.13. The third kappa shape index (κ3) is 4.79. The standard InChI is InChI=1S/C14H15Br2NO4/c15-11-5-9(7-18)6-12(16)14(11)21-8-13(19)17-10-1-3-20-4-2-10/h5-7,10H,1-4,8H2,(H,17,19). The Bertz CT molecular complexity index is 507. The molecule has 2 rings (SSSR count). The average molecular weight is 421 g/mol. The number of aldehydes is 1. The largest absolute Gasteiger partial charge is 0.481 e. The van der Waals surface area contributed by atoms with Gasteiger partial charge in [0.2, 0.25) is 0 Å². The fraction of sp³-hybridized carbons (Fsp3) is 0.429. The van der Waals surface area contributed by atoms with E-state index in [1.54, 1.807) is 12.1 Å². The number of hydrogen-bond donors (Lipinski definition) is 1. The van der Waals surface area contributed by atoms with Crippen LogP contribution in [0.4, 0.5) is 0 Å². The molecule has 1 N–H and O–H groups in total. The Morgan fingerprint density at radius 3 is 2.52 bits per heavy atom. The molecule has 114 valence electrons. The summed E-state index contributed by atoms with van der Waals surface area (Å²) in [4.78, 5) is 22.6. The van der Waals surface area contributed by atoms with Crippen molar-refractivity contribution in [3.63, 3.8) is 0 Å². The maximum atomic E-state index is 11.9. The molecule has 1 aromatic carbocycles. The van der Waals surface area contributed by atoms with Crippen molar-refractivity contribution in [3.8, 4) is 5.75 Å². The SMILES string of the molecule is O=Cc1cc(Br)c(OCC(=O)NC2CCOCC2)c(Br)c1. The minimum absolute atomic E-state index is 0.0744. The molecule has 0 unspecified atom stereocenters. The Balaban J connectivity index is 1.90. The van der Waals surface area contributed by atoms with Gasteiger partial charge in [-0.2, -0.15) is 0 Å². The maximum Gasteiger partial charge on any atom is 0.258 e. The molecule has 1 amide bonds. The van der Waals surface area contributed by atoms with E-state index in [-0.39, 0.29) is 18.6 Å². The molecule has 1 aliphatic rings. The van der Waals surface area contributed by atoms with Gasteiger partial charge in [-0.15, -0.1) is 0 Å². The summed E-state index contributed by atoms with van der Waals surface area (Å²) in [6.07, 6.45) is 2.40. The van der Waals surface area contributed by atoms with Crippen molar-refractivity contribution in [1.82, 2.24) is 5.32 Å². The minimum atomic E-state index is -0.167. The zero-order valence-electron chi connectivity index (χ0n) is 11.2. The zero-order chi connectivity index (χ0) is 15.2. The van der Waals surface area contributed by atoms with E-state index in [4.69, 9.17) is 9.47 Å². The first-order valence-electron chi connectivity index (χ1n) is 6.54. The molecule has 7 heteroatoms. The molecule has 1 aliphatic heterocycles. The average Bonchev–Trinajstić information content (AvgIpc) is 2.47. The Kier molecular flexibility index (Phi) is 6.20. The molecule has 0 spiro atoms. The summed E-state index contributed by atoms with van der Waals surface area (Å²) < 4.78 is 12.0. The number of hydrogen-bond acceptors (Lipinski definition) is 4. The molecule has 0 aromatic heterocycles. The maximum absolute atomic E-state index is 11.9. The quantitative estimate of drug-likeness (QED) is 0.743. The van der Waals surface area contributed by atoms with Gasteiger partial charge in [0, 0.05) is 24.8 Å². The molecule has 0 saturated carbocycles. The van der Waals surface area contributed by atoms with Gasteiger partial charge in [0.25, 0.3) is 5.91 Å². The predicted octanol–water partition coefficient (Wildman–Crippen LogP) is 2.70. The highest BCUT2D eigenvalue weighted by Crippen LogP contribution is 2.34. The Morgan fingerprint density at radius 2 is 1.95 bits per heavy atom. The molecule has 1 aromatic rings. The highest BCUT2D eigenvalue weighted by atomic mass is 79.9. The van der Waals surface area contributed by atoms with E-state index in [9.17, 15) is 9.59 Å². The Hall–Kier alpha value is -0.920. The van der Waals surface area contributed by atoms with Gasteiger partial charge in [-0.1, -0.05) is 0 Å². The van der Waals surface area contributed by atoms with Crippen molar-refractivity contribution in [2.45, 2.75) is 18.9 Å². The summed E-state index contributed by atoms with van der Waals surface area (Å²) in [7, 11) is 0. The molecule has 21 heavy (non-hydrogen) atoms. The lowest BCUT2D eigenvalue weighted by Crippen LogP contribution is -2.41. The number of carbonyl (C=O) groups excluding carboxylic acids is 2. The van der Waals surface area contributed by atoms with Crippen LogP contribution in [0.3, 0.4) is 0 Å². The van der Waals surface area contributed by atoms with Crippen LogP contribution < -0.4 is 10.1 Å². The summed E-state index contributed by atoms with van der Waals surface area (Å²) >= 11 is 6.65. The van der Waals surface area contributed by atoms with Crippen LogP contribution in [0.15, 0.2) is 21.1 Å². The van der Waals surface area contributed by atoms with Gasteiger partial charge in [0.15, 0.2) is 6.61 Å². The lowest BCUT2D eigenvalue weighted by molar-refractivity contribution is -0.124. The summed E-state index contributed by atoms with van der Waals surface area (Å²) in [6.45, 7) is 1.28. The molecule has 0 aliphatic carbocycles. The van der Waals surface area contributed by atoms with Crippen LogP contribution in [-0.4, -0.2) is 38.1 Å². The van der Waals surface area contributed by atoms with Gasteiger partial charge >= 0.3 is 0 Å². The third-order valence-electron chi connectivity index (χ3n) is 3.09. The molecule has 0 radical (unpaired) electrons. The Morgan fingerprint density at radius 1 is 1.33 bits per heavy atom. The lowest BCUT2D eigenvalue weighted by atomic mass is 10.1. The second kappa shape index (κ2) is 7.91. The van der Waals surface area contributed by atoms with E-state index in [1.807, 2.05) is 0 Å². The predicted molar refractivity (Wildman–Crippen MR) is 84.7 cm³/mol. The molecule has 0 atom stereocenters. The lowest BCUT2D eigenvalue weighted by Gasteiger charge is -2.23. The van der Waals surface area contributed by atoms with E-state index in [0.717, 1.165) is 19.1 Å². The Labute approximate surface area is 139 Å². The highest BCUT2D eigenvalue weighted by Gasteiger charge is 2.17. The van der Waals surface area contributed by atoms with Crippen LogP contribution in [0.25, 0.3) is 0 Å². The topological polar surface area (TPSA) is 64.6 Å². The van der Waals surface area contributed by atoms with Crippen LogP contribution in [0.2, 0.25) is 0 Å². The molecule has 0 bridgehead atoms. The third-order valence-corrected chi connectivity index (χ3v) is 4.27. The number of benzene rings is 1. The fourth-order valence-corrected chi connectivity index (χ4v) is 3.49. The molecule has 1 fully saturated rings. The summed E-state index contributed by atoms with van der Waals surface area (Å²) in [5.74, 6) is 0.336. The zero-order valence-corrected chi connectivity index (χ0v) is 14.4. The minimum Gasteiger partial charge on any atom is -0.481 e. The number of ether oxygens (including phenoxy) is 2. The van der Waals surface area contributed by atoms with Crippen molar-refractivity contribution >= 4 is 44.1 Å². The first-order chi connectivity index (χ1) is 10.1. The van der Waals surface area contributed by atoms with Crippen molar-refractivity contribution in [1.29, 1.82) is 0 Å². The first kappa shape index (κ1) is 16.5. The van der Waals surface area contributed by atoms with Gasteiger partial charge in [0.05, 0.1) is 8.95 Å². The molecule has 1 saturated heterocycles. The van der Waals surface area contributed by atoms with Crippen LogP contribution in [0, 0.1) is 0 Å². The van der Waals surface area contributed by atoms with Crippen molar-refractivity contribution in [3.05, 3.63) is 26.6 Å². The smallest absolute Gasteiger partial charge is 0.258 e. The summed E-state index contributed by atoms with van der Waals surface area (Å²) in [5, 5.41) is 2.92. The van der Waals surface area contributed by atoms with Crippen LogP contribution >= 0.6 is 31.9 Å². The highest BCUT2D eigenvalue weighted by molar-refractivity contribution is 9.11. The van der Waals surface area contributed by atoms with Gasteiger partial charge in [0.1, 0.15) is 12.0 Å². The van der Waals surface area contributed by atoms with Gasteiger partial charge < -0.3 is 14.8 Å². The van der Waals surface area contributed by atoms with E-state index in [1.165, 1.54) is 0 Å². The monoisotopic (exact) mass is 419 g/mol. The van der Waals surface area contributed by atoms with Gasteiger partial charge in [-0.3, -0.25) is 9.59 Å². The van der Waals surface area contributed by atoms with Crippen molar-refractivity contribution < 1.29 is 19.1 Å².